The third-order valence-corrected chi connectivity index (χ3v) is 5.73. The summed E-state index contributed by atoms with van der Waals surface area (Å²) in [7, 11) is 1.67. The summed E-state index contributed by atoms with van der Waals surface area (Å²) in [5, 5.41) is 5.50. The SMILES string of the molecule is COCC[C@]1(N)NCCN(C(=O)c2cccc3ccccc23)C1CCCS.Cl.Cl. The Morgan fingerprint density at radius 3 is 2.72 bits per heavy atom. The van der Waals surface area contributed by atoms with Gasteiger partial charge in [-0.2, -0.15) is 12.6 Å². The molecule has 0 aromatic heterocycles. The lowest BCUT2D eigenvalue weighted by Crippen LogP contribution is -2.72. The standard InChI is InChI=1S/C21H29N3O2S.2ClH/c1-26-14-11-21(22)19(10-5-15-27)24(13-12-23-21)20(25)18-9-4-7-16-6-2-3-8-17(16)18;;/h2-4,6-9,19,23,27H,5,10-15,22H2,1H3;2*1H/t19?,21-;;/m0../s1. The monoisotopic (exact) mass is 459 g/mol. The number of benzene rings is 2. The zero-order chi connectivity index (χ0) is 19.3. The number of halogens is 2. The maximum atomic E-state index is 13.5. The van der Waals surface area contributed by atoms with Crippen molar-refractivity contribution in [3.05, 3.63) is 48.0 Å². The molecule has 0 aliphatic carbocycles. The van der Waals surface area contributed by atoms with E-state index in [1.807, 2.05) is 47.4 Å². The Hall–Kier alpha value is -1.02. The Morgan fingerprint density at radius 1 is 1.28 bits per heavy atom. The summed E-state index contributed by atoms with van der Waals surface area (Å²) >= 11 is 4.36. The first-order valence-corrected chi connectivity index (χ1v) is 10.2. The summed E-state index contributed by atoms with van der Waals surface area (Å²) in [5.41, 5.74) is 6.82. The van der Waals surface area contributed by atoms with Crippen LogP contribution in [0.15, 0.2) is 42.5 Å². The average Bonchev–Trinajstić information content (AvgIpc) is 2.70. The molecule has 0 bridgehead atoms. The number of nitrogens with zero attached hydrogens (tertiary/aromatic N) is 1. The van der Waals surface area contributed by atoms with Crippen LogP contribution >= 0.6 is 37.4 Å². The van der Waals surface area contributed by atoms with Gasteiger partial charge in [0.15, 0.2) is 0 Å². The Balaban J connectivity index is 0.00000210. The Kier molecular flexibility index (Phi) is 10.8. The predicted molar refractivity (Wildman–Crippen MR) is 128 cm³/mol. The largest absolute Gasteiger partial charge is 0.385 e. The molecule has 1 aliphatic heterocycles. The van der Waals surface area contributed by atoms with Crippen molar-refractivity contribution in [1.82, 2.24) is 10.2 Å². The van der Waals surface area contributed by atoms with Crippen molar-refractivity contribution in [2.75, 3.05) is 32.6 Å². The van der Waals surface area contributed by atoms with Crippen LogP contribution < -0.4 is 11.1 Å². The van der Waals surface area contributed by atoms with Gasteiger partial charge in [0, 0.05) is 38.8 Å². The number of hydrogen-bond donors (Lipinski definition) is 3. The molecule has 2 aromatic rings. The minimum Gasteiger partial charge on any atom is -0.385 e. The fourth-order valence-corrected chi connectivity index (χ4v) is 4.18. The number of ether oxygens (including phenoxy) is 1. The van der Waals surface area contributed by atoms with Gasteiger partial charge in [0.2, 0.25) is 0 Å². The van der Waals surface area contributed by atoms with E-state index in [0.29, 0.717) is 26.1 Å². The third kappa shape index (κ3) is 5.78. The maximum Gasteiger partial charge on any atom is 0.254 e. The molecule has 8 heteroatoms. The smallest absolute Gasteiger partial charge is 0.254 e. The average molecular weight is 460 g/mol. The molecule has 1 fully saturated rings. The lowest BCUT2D eigenvalue weighted by atomic mass is 9.89. The number of rotatable bonds is 7. The minimum atomic E-state index is -0.655. The summed E-state index contributed by atoms with van der Waals surface area (Å²) < 4.78 is 5.26. The van der Waals surface area contributed by atoms with Gasteiger partial charge in [-0.15, -0.1) is 24.8 Å². The van der Waals surface area contributed by atoms with Crippen LogP contribution in [0.3, 0.4) is 0 Å². The first kappa shape index (κ1) is 26.0. The van der Waals surface area contributed by atoms with Gasteiger partial charge >= 0.3 is 0 Å². The van der Waals surface area contributed by atoms with Gasteiger partial charge in [-0.05, 0) is 35.4 Å². The highest BCUT2D eigenvalue weighted by molar-refractivity contribution is 7.80. The number of hydrogen-bond acceptors (Lipinski definition) is 5. The van der Waals surface area contributed by atoms with Gasteiger partial charge in [0.25, 0.3) is 5.91 Å². The van der Waals surface area contributed by atoms with Crippen molar-refractivity contribution in [2.24, 2.45) is 5.73 Å². The van der Waals surface area contributed by atoms with E-state index in [1.165, 1.54) is 0 Å². The van der Waals surface area contributed by atoms with E-state index in [1.54, 1.807) is 7.11 Å². The molecule has 1 saturated heterocycles. The zero-order valence-electron chi connectivity index (χ0n) is 16.7. The number of carbonyl (C=O) groups excluding carboxylic acids is 1. The maximum absolute atomic E-state index is 13.5. The first-order valence-electron chi connectivity index (χ1n) is 9.53. The Bertz CT molecular complexity index is 790. The molecule has 1 heterocycles. The first-order chi connectivity index (χ1) is 13.1. The number of carbonyl (C=O) groups is 1. The second-order valence-electron chi connectivity index (χ2n) is 7.12. The fraction of sp³-hybridized carbons (Fsp3) is 0.476. The van der Waals surface area contributed by atoms with Crippen molar-refractivity contribution >= 4 is 54.1 Å². The van der Waals surface area contributed by atoms with Crippen molar-refractivity contribution in [3.63, 3.8) is 0 Å². The van der Waals surface area contributed by atoms with Crippen LogP contribution in [0.4, 0.5) is 0 Å². The normalized spacial score (nSPS) is 21.3. The second kappa shape index (κ2) is 12.0. The number of thiol groups is 1. The van der Waals surface area contributed by atoms with E-state index in [9.17, 15) is 4.79 Å². The summed E-state index contributed by atoms with van der Waals surface area (Å²) in [6.07, 6.45) is 2.37. The van der Waals surface area contributed by atoms with Crippen molar-refractivity contribution in [1.29, 1.82) is 0 Å². The molecule has 5 nitrogen and oxygen atoms in total. The summed E-state index contributed by atoms with van der Waals surface area (Å²) in [6, 6.07) is 13.8. The highest BCUT2D eigenvalue weighted by Crippen LogP contribution is 2.27. The second-order valence-corrected chi connectivity index (χ2v) is 7.56. The van der Waals surface area contributed by atoms with Gasteiger partial charge in [0.1, 0.15) is 0 Å². The van der Waals surface area contributed by atoms with Gasteiger partial charge in [0.05, 0.1) is 11.7 Å². The van der Waals surface area contributed by atoms with Crippen LogP contribution in [-0.2, 0) is 4.74 Å². The van der Waals surface area contributed by atoms with Gasteiger partial charge in [-0.25, -0.2) is 0 Å². The van der Waals surface area contributed by atoms with Crippen LogP contribution in [0.5, 0.6) is 0 Å². The van der Waals surface area contributed by atoms with Crippen LogP contribution in [-0.4, -0.2) is 55.1 Å². The number of nitrogens with one attached hydrogen (secondary N) is 1. The molecule has 0 saturated carbocycles. The molecule has 1 aliphatic rings. The Morgan fingerprint density at radius 2 is 2.00 bits per heavy atom. The highest BCUT2D eigenvalue weighted by Gasteiger charge is 2.43. The number of piperazine rings is 1. The molecule has 3 rings (SSSR count). The molecular formula is C21H31Cl2N3O2S. The summed E-state index contributed by atoms with van der Waals surface area (Å²) in [6.45, 7) is 1.87. The lowest BCUT2D eigenvalue weighted by molar-refractivity contribution is 0.0241. The number of nitrogens with two attached hydrogens (primary N) is 1. The third-order valence-electron chi connectivity index (χ3n) is 5.41. The van der Waals surface area contributed by atoms with Gasteiger partial charge < -0.3 is 15.4 Å². The van der Waals surface area contributed by atoms with E-state index in [2.05, 4.69) is 17.9 Å². The van der Waals surface area contributed by atoms with E-state index >= 15 is 0 Å². The molecule has 29 heavy (non-hydrogen) atoms. The highest BCUT2D eigenvalue weighted by atomic mass is 35.5. The molecule has 1 amide bonds. The summed E-state index contributed by atoms with van der Waals surface area (Å²) in [5.74, 6) is 0.817. The van der Waals surface area contributed by atoms with E-state index < -0.39 is 5.66 Å². The molecule has 1 unspecified atom stereocenters. The van der Waals surface area contributed by atoms with Crippen molar-refractivity contribution in [3.8, 4) is 0 Å². The van der Waals surface area contributed by atoms with E-state index in [4.69, 9.17) is 10.5 Å². The molecule has 3 N–H and O–H groups in total. The molecule has 0 radical (unpaired) electrons. The van der Waals surface area contributed by atoms with E-state index in [-0.39, 0.29) is 36.8 Å². The van der Waals surface area contributed by atoms with Gasteiger partial charge in [-0.1, -0.05) is 36.4 Å². The number of fused-ring (bicyclic) bond motifs is 1. The van der Waals surface area contributed by atoms with Crippen LogP contribution in [0, 0.1) is 0 Å². The lowest BCUT2D eigenvalue weighted by Gasteiger charge is -2.49. The van der Waals surface area contributed by atoms with E-state index in [0.717, 1.165) is 34.9 Å². The van der Waals surface area contributed by atoms with Gasteiger partial charge in [-0.3, -0.25) is 10.1 Å². The van der Waals surface area contributed by atoms with Crippen molar-refractivity contribution < 1.29 is 9.53 Å². The molecular weight excluding hydrogens is 429 g/mol. The molecule has 0 spiro atoms. The number of amides is 1. The molecule has 2 atom stereocenters. The quantitative estimate of drug-likeness (QED) is 0.554. The van der Waals surface area contributed by atoms with Crippen LogP contribution in [0.2, 0.25) is 0 Å². The molecule has 2 aromatic carbocycles. The number of methoxy groups -OCH3 is 1. The Labute approximate surface area is 191 Å². The zero-order valence-corrected chi connectivity index (χ0v) is 19.2. The minimum absolute atomic E-state index is 0. The fourth-order valence-electron chi connectivity index (χ4n) is 3.99. The van der Waals surface area contributed by atoms with Crippen molar-refractivity contribution in [2.45, 2.75) is 31.0 Å². The van der Waals surface area contributed by atoms with Crippen LogP contribution in [0.1, 0.15) is 29.6 Å². The topological polar surface area (TPSA) is 67.6 Å². The summed E-state index contributed by atoms with van der Waals surface area (Å²) in [4.78, 5) is 15.5. The molecule has 162 valence electrons. The van der Waals surface area contributed by atoms with Crippen LogP contribution in [0.25, 0.3) is 10.8 Å². The predicted octanol–water partition coefficient (Wildman–Crippen LogP) is 3.50.